The van der Waals surface area contributed by atoms with Gasteiger partial charge < -0.3 is 5.32 Å². The van der Waals surface area contributed by atoms with Gasteiger partial charge in [-0.05, 0) is 31.5 Å². The van der Waals surface area contributed by atoms with E-state index < -0.39 is 0 Å². The first-order chi connectivity index (χ1) is 7.65. The number of unbranched alkanes of at least 4 members (excludes halogenated alkanes) is 2. The Bertz CT molecular complexity index is 339. The van der Waals surface area contributed by atoms with E-state index in [1.807, 2.05) is 13.0 Å². The number of aryl methyl sites for hydroxylation is 1. The number of benzene rings is 1. The van der Waals surface area contributed by atoms with Gasteiger partial charge in [0.15, 0.2) is 0 Å². The van der Waals surface area contributed by atoms with Crippen molar-refractivity contribution in [1.29, 1.82) is 0 Å². The van der Waals surface area contributed by atoms with Crippen molar-refractivity contribution in [2.24, 2.45) is 0 Å². The third-order valence-corrected chi connectivity index (χ3v) is 3.45. The Balaban J connectivity index is 2.45. The van der Waals surface area contributed by atoms with Crippen LogP contribution in [0.5, 0.6) is 0 Å². The number of hydrogen-bond donors (Lipinski definition) is 1. The monoisotopic (exact) mass is 287 g/mol. The average molecular weight is 288 g/mol. The third kappa shape index (κ3) is 4.22. The van der Waals surface area contributed by atoms with Gasteiger partial charge in [-0.1, -0.05) is 41.8 Å². The lowest BCUT2D eigenvalue weighted by Crippen LogP contribution is -2.15. The van der Waals surface area contributed by atoms with Crippen molar-refractivity contribution in [3.8, 4) is 0 Å². The van der Waals surface area contributed by atoms with Gasteiger partial charge in [-0.15, -0.1) is 0 Å². The van der Waals surface area contributed by atoms with Crippen LogP contribution in [-0.2, 0) is 6.54 Å². The van der Waals surface area contributed by atoms with Crippen LogP contribution in [0.3, 0.4) is 0 Å². The predicted octanol–water partition coefficient (Wildman–Crippen LogP) is 4.18. The summed E-state index contributed by atoms with van der Waals surface area (Å²) in [6, 6.07) is 3.44. The van der Waals surface area contributed by atoms with E-state index in [0.29, 0.717) is 6.54 Å². The molecule has 0 unspecified atom stereocenters. The van der Waals surface area contributed by atoms with Crippen molar-refractivity contribution in [3.05, 3.63) is 33.5 Å². The highest BCUT2D eigenvalue weighted by Crippen LogP contribution is 2.20. The average Bonchev–Trinajstić information content (AvgIpc) is 2.25. The van der Waals surface area contributed by atoms with Crippen LogP contribution in [0.1, 0.15) is 37.3 Å². The first-order valence-electron chi connectivity index (χ1n) is 5.80. The maximum Gasteiger partial charge on any atom is 0.128 e. The van der Waals surface area contributed by atoms with Gasteiger partial charge in [0.2, 0.25) is 0 Å². The van der Waals surface area contributed by atoms with E-state index in [4.69, 9.17) is 0 Å². The number of hydrogen-bond acceptors (Lipinski definition) is 1. The predicted molar refractivity (Wildman–Crippen MR) is 70.1 cm³/mol. The molecule has 0 aliphatic rings. The molecular weight excluding hydrogens is 269 g/mol. The molecule has 0 spiro atoms. The van der Waals surface area contributed by atoms with Gasteiger partial charge >= 0.3 is 0 Å². The van der Waals surface area contributed by atoms with Gasteiger partial charge in [0.1, 0.15) is 5.82 Å². The highest BCUT2D eigenvalue weighted by molar-refractivity contribution is 9.10. The minimum atomic E-state index is -0.138. The molecule has 1 aromatic rings. The zero-order valence-electron chi connectivity index (χ0n) is 9.95. The summed E-state index contributed by atoms with van der Waals surface area (Å²) in [4.78, 5) is 0. The summed E-state index contributed by atoms with van der Waals surface area (Å²) in [6.45, 7) is 5.73. The minimum Gasteiger partial charge on any atom is -0.313 e. The Labute approximate surface area is 106 Å². The van der Waals surface area contributed by atoms with Gasteiger partial charge in [-0.2, -0.15) is 0 Å². The molecule has 90 valence electrons. The second-order valence-electron chi connectivity index (χ2n) is 4.08. The van der Waals surface area contributed by atoms with Gasteiger partial charge in [0.25, 0.3) is 0 Å². The summed E-state index contributed by atoms with van der Waals surface area (Å²) >= 11 is 3.32. The van der Waals surface area contributed by atoms with Crippen LogP contribution in [0.2, 0.25) is 0 Å². The number of rotatable bonds is 6. The lowest BCUT2D eigenvalue weighted by molar-refractivity contribution is 0.572. The Morgan fingerprint density at radius 3 is 2.75 bits per heavy atom. The van der Waals surface area contributed by atoms with Crippen LogP contribution in [0.4, 0.5) is 4.39 Å². The molecule has 0 aliphatic carbocycles. The molecule has 16 heavy (non-hydrogen) atoms. The highest BCUT2D eigenvalue weighted by Gasteiger charge is 2.05. The molecule has 0 saturated carbocycles. The molecule has 3 heteroatoms. The van der Waals surface area contributed by atoms with Crippen molar-refractivity contribution in [2.75, 3.05) is 6.54 Å². The summed E-state index contributed by atoms with van der Waals surface area (Å²) in [5.74, 6) is -0.138. The maximum atomic E-state index is 13.5. The van der Waals surface area contributed by atoms with Crippen LogP contribution < -0.4 is 5.32 Å². The first kappa shape index (κ1) is 13.7. The second-order valence-corrected chi connectivity index (χ2v) is 4.93. The Morgan fingerprint density at radius 2 is 2.06 bits per heavy atom. The molecule has 1 rings (SSSR count). The molecule has 0 aromatic heterocycles. The maximum absolute atomic E-state index is 13.5. The molecule has 1 aromatic carbocycles. The number of nitrogens with one attached hydrogen (secondary N) is 1. The smallest absolute Gasteiger partial charge is 0.128 e. The fourth-order valence-electron chi connectivity index (χ4n) is 1.58. The zero-order chi connectivity index (χ0) is 12.0. The molecule has 1 nitrogen and oxygen atoms in total. The van der Waals surface area contributed by atoms with Crippen molar-refractivity contribution >= 4 is 15.9 Å². The van der Waals surface area contributed by atoms with Crippen LogP contribution in [0.25, 0.3) is 0 Å². The van der Waals surface area contributed by atoms with Gasteiger partial charge in [-0.25, -0.2) is 4.39 Å². The minimum absolute atomic E-state index is 0.138. The lowest BCUT2D eigenvalue weighted by atomic mass is 10.1. The normalized spacial score (nSPS) is 10.8. The summed E-state index contributed by atoms with van der Waals surface area (Å²) in [5.41, 5.74) is 1.82. The van der Waals surface area contributed by atoms with Crippen molar-refractivity contribution in [2.45, 2.75) is 39.7 Å². The summed E-state index contributed by atoms with van der Waals surface area (Å²) in [6.07, 6.45) is 3.61. The molecule has 0 saturated heterocycles. The second kappa shape index (κ2) is 7.02. The van der Waals surface area contributed by atoms with E-state index in [2.05, 4.69) is 28.2 Å². The van der Waals surface area contributed by atoms with E-state index in [-0.39, 0.29) is 5.82 Å². The van der Waals surface area contributed by atoms with E-state index in [0.717, 1.165) is 28.6 Å². The summed E-state index contributed by atoms with van der Waals surface area (Å²) in [7, 11) is 0. The first-order valence-corrected chi connectivity index (χ1v) is 6.59. The van der Waals surface area contributed by atoms with E-state index in [1.165, 1.54) is 12.8 Å². The van der Waals surface area contributed by atoms with Crippen molar-refractivity contribution in [3.63, 3.8) is 0 Å². The lowest BCUT2D eigenvalue weighted by Gasteiger charge is -2.08. The quantitative estimate of drug-likeness (QED) is 0.774. The van der Waals surface area contributed by atoms with Crippen LogP contribution in [-0.4, -0.2) is 6.54 Å². The molecule has 0 radical (unpaired) electrons. The standard InChI is InChI=1S/C13H19BrFN/c1-3-4-5-6-16-9-11-7-10(2)12(14)8-13(11)15/h7-8,16H,3-6,9H2,1-2H3. The third-order valence-electron chi connectivity index (χ3n) is 2.60. The highest BCUT2D eigenvalue weighted by atomic mass is 79.9. The molecular formula is C13H19BrFN. The topological polar surface area (TPSA) is 12.0 Å². The van der Waals surface area contributed by atoms with Crippen LogP contribution in [0, 0.1) is 12.7 Å². The fourth-order valence-corrected chi connectivity index (χ4v) is 1.89. The van der Waals surface area contributed by atoms with Crippen LogP contribution in [0.15, 0.2) is 16.6 Å². The summed E-state index contributed by atoms with van der Waals surface area (Å²) < 4.78 is 14.4. The van der Waals surface area contributed by atoms with Gasteiger partial charge in [-0.3, -0.25) is 0 Å². The molecule has 1 N–H and O–H groups in total. The molecule has 0 amide bonds. The van der Waals surface area contributed by atoms with E-state index >= 15 is 0 Å². The van der Waals surface area contributed by atoms with E-state index in [1.54, 1.807) is 6.07 Å². The Morgan fingerprint density at radius 1 is 1.31 bits per heavy atom. The van der Waals surface area contributed by atoms with Crippen LogP contribution >= 0.6 is 15.9 Å². The Hall–Kier alpha value is -0.410. The van der Waals surface area contributed by atoms with Crippen molar-refractivity contribution in [1.82, 2.24) is 5.32 Å². The Kier molecular flexibility index (Phi) is 5.99. The fraction of sp³-hybridized carbons (Fsp3) is 0.538. The number of halogens is 2. The van der Waals surface area contributed by atoms with E-state index in [9.17, 15) is 4.39 Å². The van der Waals surface area contributed by atoms with Crippen molar-refractivity contribution < 1.29 is 4.39 Å². The molecule has 0 heterocycles. The zero-order valence-corrected chi connectivity index (χ0v) is 11.5. The largest absolute Gasteiger partial charge is 0.313 e. The van der Waals surface area contributed by atoms with Gasteiger partial charge in [0, 0.05) is 16.6 Å². The molecule has 0 bridgehead atoms. The molecule has 0 atom stereocenters. The SMILES string of the molecule is CCCCCNCc1cc(C)c(Br)cc1F. The summed E-state index contributed by atoms with van der Waals surface area (Å²) in [5, 5.41) is 3.27. The van der Waals surface area contributed by atoms with Gasteiger partial charge in [0.05, 0.1) is 0 Å². The molecule has 0 fully saturated rings. The molecule has 0 aliphatic heterocycles.